The lowest BCUT2D eigenvalue weighted by atomic mass is 10.2. The van der Waals surface area contributed by atoms with Crippen molar-refractivity contribution in [2.45, 2.75) is 9.79 Å². The van der Waals surface area contributed by atoms with E-state index in [0.29, 0.717) is 16.4 Å². The number of hydrogen-bond acceptors (Lipinski definition) is 7. The third kappa shape index (κ3) is 5.51. The first kappa shape index (κ1) is 21.5. The SMILES string of the molecule is O=C(COC(=O)c1cccc(-n2cnnn2)c1)Nc1ccccc1Sc1ccc(Cl)cc1. The van der Waals surface area contributed by atoms with Crippen molar-refractivity contribution >= 4 is 40.9 Å². The molecule has 160 valence electrons. The van der Waals surface area contributed by atoms with Crippen LogP contribution in [0.4, 0.5) is 5.69 Å². The van der Waals surface area contributed by atoms with Crippen molar-refractivity contribution in [3.8, 4) is 5.69 Å². The molecule has 1 aromatic heterocycles. The van der Waals surface area contributed by atoms with Gasteiger partial charge in [0.2, 0.25) is 0 Å². The summed E-state index contributed by atoms with van der Waals surface area (Å²) >= 11 is 7.42. The van der Waals surface area contributed by atoms with E-state index in [1.165, 1.54) is 22.8 Å². The van der Waals surface area contributed by atoms with Crippen LogP contribution in [-0.2, 0) is 9.53 Å². The molecule has 0 saturated carbocycles. The van der Waals surface area contributed by atoms with E-state index in [1.54, 1.807) is 42.5 Å². The third-order valence-electron chi connectivity index (χ3n) is 4.23. The number of carbonyl (C=O) groups is 2. The van der Waals surface area contributed by atoms with Crippen molar-refractivity contribution in [3.63, 3.8) is 0 Å². The summed E-state index contributed by atoms with van der Waals surface area (Å²) in [5.41, 5.74) is 1.50. The van der Waals surface area contributed by atoms with Crippen molar-refractivity contribution < 1.29 is 14.3 Å². The number of tetrazole rings is 1. The molecule has 1 heterocycles. The number of hydrogen-bond donors (Lipinski definition) is 1. The number of nitrogens with zero attached hydrogens (tertiary/aromatic N) is 4. The quantitative estimate of drug-likeness (QED) is 0.407. The first-order valence-electron chi connectivity index (χ1n) is 9.41. The van der Waals surface area contributed by atoms with Crippen LogP contribution in [0.2, 0.25) is 5.02 Å². The lowest BCUT2D eigenvalue weighted by Gasteiger charge is -2.11. The Morgan fingerprint density at radius 2 is 1.84 bits per heavy atom. The van der Waals surface area contributed by atoms with Gasteiger partial charge >= 0.3 is 5.97 Å². The summed E-state index contributed by atoms with van der Waals surface area (Å²) in [6.07, 6.45) is 1.41. The van der Waals surface area contributed by atoms with Crippen LogP contribution in [0.15, 0.2) is 88.9 Å². The van der Waals surface area contributed by atoms with Gasteiger partial charge in [0.15, 0.2) is 6.61 Å². The highest BCUT2D eigenvalue weighted by molar-refractivity contribution is 7.99. The summed E-state index contributed by atoms with van der Waals surface area (Å²) in [6, 6.07) is 21.4. The van der Waals surface area contributed by atoms with E-state index in [4.69, 9.17) is 16.3 Å². The number of benzene rings is 3. The molecule has 0 saturated heterocycles. The molecule has 4 rings (SSSR count). The number of anilines is 1. The minimum atomic E-state index is -0.626. The van der Waals surface area contributed by atoms with Gasteiger partial charge < -0.3 is 10.1 Å². The molecule has 0 aliphatic rings. The molecule has 0 atom stereocenters. The van der Waals surface area contributed by atoms with Crippen LogP contribution >= 0.6 is 23.4 Å². The van der Waals surface area contributed by atoms with E-state index in [-0.39, 0.29) is 5.56 Å². The lowest BCUT2D eigenvalue weighted by Crippen LogP contribution is -2.21. The number of ether oxygens (including phenoxy) is 1. The van der Waals surface area contributed by atoms with E-state index in [1.807, 2.05) is 30.3 Å². The first-order chi connectivity index (χ1) is 15.6. The summed E-state index contributed by atoms with van der Waals surface area (Å²) in [5, 5.41) is 14.4. The molecule has 0 bridgehead atoms. The topological polar surface area (TPSA) is 99.0 Å². The second-order valence-electron chi connectivity index (χ2n) is 6.48. The number of esters is 1. The Kier molecular flexibility index (Phi) is 6.78. The monoisotopic (exact) mass is 465 g/mol. The number of para-hydroxylation sites is 1. The largest absolute Gasteiger partial charge is 0.452 e. The molecule has 1 amide bonds. The van der Waals surface area contributed by atoms with Crippen molar-refractivity contribution in [2.24, 2.45) is 0 Å². The normalized spacial score (nSPS) is 10.5. The number of rotatable bonds is 7. The van der Waals surface area contributed by atoms with Crippen LogP contribution in [0.25, 0.3) is 5.69 Å². The number of carbonyl (C=O) groups excluding carboxylic acids is 2. The Labute approximate surface area is 192 Å². The standard InChI is InChI=1S/C22H16ClN5O3S/c23-16-8-10-18(11-9-16)32-20-7-2-1-6-19(20)25-21(29)13-31-22(30)15-4-3-5-17(12-15)28-14-24-26-27-28/h1-12,14H,13H2,(H,25,29). The number of amides is 1. The fourth-order valence-corrected chi connectivity index (χ4v) is 3.77. The minimum Gasteiger partial charge on any atom is -0.452 e. The molecule has 0 unspecified atom stereocenters. The Bertz CT molecular complexity index is 1230. The van der Waals surface area contributed by atoms with E-state index in [9.17, 15) is 9.59 Å². The first-order valence-corrected chi connectivity index (χ1v) is 10.6. The van der Waals surface area contributed by atoms with Gasteiger partial charge in [-0.3, -0.25) is 4.79 Å². The molecule has 0 fully saturated rings. The van der Waals surface area contributed by atoms with Gasteiger partial charge in [-0.25, -0.2) is 9.48 Å². The smallest absolute Gasteiger partial charge is 0.338 e. The van der Waals surface area contributed by atoms with Gasteiger partial charge in [-0.05, 0) is 65.0 Å². The van der Waals surface area contributed by atoms with Crippen LogP contribution in [0.5, 0.6) is 0 Å². The van der Waals surface area contributed by atoms with E-state index >= 15 is 0 Å². The number of halogens is 1. The maximum atomic E-state index is 12.4. The maximum Gasteiger partial charge on any atom is 0.338 e. The van der Waals surface area contributed by atoms with Gasteiger partial charge in [-0.15, -0.1) is 5.10 Å². The van der Waals surface area contributed by atoms with Gasteiger partial charge in [0.1, 0.15) is 6.33 Å². The number of nitrogens with one attached hydrogen (secondary N) is 1. The molecule has 4 aromatic rings. The van der Waals surface area contributed by atoms with E-state index in [0.717, 1.165) is 9.79 Å². The zero-order chi connectivity index (χ0) is 22.3. The fourth-order valence-electron chi connectivity index (χ4n) is 2.74. The lowest BCUT2D eigenvalue weighted by molar-refractivity contribution is -0.119. The minimum absolute atomic E-state index is 0.282. The average molecular weight is 466 g/mol. The molecular formula is C22H16ClN5O3S. The number of aromatic nitrogens is 4. The van der Waals surface area contributed by atoms with Gasteiger partial charge in [-0.2, -0.15) is 0 Å². The summed E-state index contributed by atoms with van der Waals surface area (Å²) in [6.45, 7) is -0.423. The maximum absolute atomic E-state index is 12.4. The highest BCUT2D eigenvalue weighted by Gasteiger charge is 2.13. The summed E-state index contributed by atoms with van der Waals surface area (Å²) in [4.78, 5) is 26.6. The van der Waals surface area contributed by atoms with Crippen molar-refractivity contribution in [1.82, 2.24) is 20.2 Å². The zero-order valence-corrected chi connectivity index (χ0v) is 18.1. The highest BCUT2D eigenvalue weighted by Crippen LogP contribution is 2.33. The average Bonchev–Trinajstić information content (AvgIpc) is 3.35. The van der Waals surface area contributed by atoms with E-state index in [2.05, 4.69) is 20.8 Å². The van der Waals surface area contributed by atoms with Gasteiger partial charge in [0, 0.05) is 14.8 Å². The van der Waals surface area contributed by atoms with Crippen LogP contribution in [-0.4, -0.2) is 38.7 Å². The highest BCUT2D eigenvalue weighted by atomic mass is 35.5. The van der Waals surface area contributed by atoms with Crippen molar-refractivity contribution in [3.05, 3.63) is 89.7 Å². The van der Waals surface area contributed by atoms with Crippen LogP contribution in [0.3, 0.4) is 0 Å². The van der Waals surface area contributed by atoms with Gasteiger partial charge in [-0.1, -0.05) is 41.6 Å². The fraction of sp³-hybridized carbons (Fsp3) is 0.0455. The second kappa shape index (κ2) is 10.1. The predicted molar refractivity (Wildman–Crippen MR) is 120 cm³/mol. The second-order valence-corrected chi connectivity index (χ2v) is 8.03. The molecule has 8 nitrogen and oxygen atoms in total. The van der Waals surface area contributed by atoms with Crippen molar-refractivity contribution in [1.29, 1.82) is 0 Å². The molecule has 32 heavy (non-hydrogen) atoms. The molecule has 1 N–H and O–H groups in total. The van der Waals surface area contributed by atoms with Crippen LogP contribution in [0.1, 0.15) is 10.4 Å². The Morgan fingerprint density at radius 3 is 2.62 bits per heavy atom. The Balaban J connectivity index is 1.37. The molecule has 0 aliphatic heterocycles. The van der Waals surface area contributed by atoms with Crippen molar-refractivity contribution in [2.75, 3.05) is 11.9 Å². The summed E-state index contributed by atoms with van der Waals surface area (Å²) < 4.78 is 6.59. The van der Waals surface area contributed by atoms with Gasteiger partial charge in [0.05, 0.1) is 16.9 Å². The molecule has 0 radical (unpaired) electrons. The summed E-state index contributed by atoms with van der Waals surface area (Å²) in [5.74, 6) is -1.07. The predicted octanol–water partition coefficient (Wildman–Crippen LogP) is 4.26. The summed E-state index contributed by atoms with van der Waals surface area (Å²) in [7, 11) is 0. The van der Waals surface area contributed by atoms with Crippen LogP contribution in [0, 0.1) is 0 Å². The Hall–Kier alpha value is -3.69. The zero-order valence-electron chi connectivity index (χ0n) is 16.5. The molecule has 10 heteroatoms. The molecule has 0 aliphatic carbocycles. The molecular weight excluding hydrogens is 450 g/mol. The molecule has 0 spiro atoms. The third-order valence-corrected chi connectivity index (χ3v) is 5.57. The van der Waals surface area contributed by atoms with Gasteiger partial charge in [0.25, 0.3) is 5.91 Å². The molecule has 3 aromatic carbocycles. The van der Waals surface area contributed by atoms with E-state index < -0.39 is 18.5 Å². The van der Waals surface area contributed by atoms with Crippen LogP contribution < -0.4 is 5.32 Å². The Morgan fingerprint density at radius 1 is 1.03 bits per heavy atom.